The van der Waals surface area contributed by atoms with Crippen molar-refractivity contribution < 1.29 is 13.2 Å². The van der Waals surface area contributed by atoms with E-state index in [1.165, 1.54) is 0 Å². The summed E-state index contributed by atoms with van der Waals surface area (Å²) in [5, 5.41) is 0. The van der Waals surface area contributed by atoms with Crippen LogP contribution < -0.4 is 9.46 Å². The van der Waals surface area contributed by atoms with Gasteiger partial charge in [0.25, 0.3) is 10.0 Å². The highest BCUT2D eigenvalue weighted by Crippen LogP contribution is 2.28. The molecule has 0 bridgehead atoms. The van der Waals surface area contributed by atoms with Gasteiger partial charge >= 0.3 is 0 Å². The summed E-state index contributed by atoms with van der Waals surface area (Å²) in [7, 11) is -3.75. The Hall–Kier alpha value is -3.32. The molecule has 160 valence electrons. The molecule has 4 aromatic rings. The van der Waals surface area contributed by atoms with Gasteiger partial charge < -0.3 is 9.14 Å². The zero-order chi connectivity index (χ0) is 22.2. The fraction of sp³-hybridized carbons (Fsp3) is 0.208. The molecule has 0 atom stereocenters. The van der Waals surface area contributed by atoms with Crippen molar-refractivity contribution in [1.29, 1.82) is 0 Å². The lowest BCUT2D eigenvalue weighted by atomic mass is 10.1. The molecule has 0 saturated heterocycles. The minimum atomic E-state index is -3.75. The lowest BCUT2D eigenvalue weighted by Gasteiger charge is -2.13. The van der Waals surface area contributed by atoms with Gasteiger partial charge in [-0.05, 0) is 80.8 Å². The number of rotatable bonds is 6. The van der Waals surface area contributed by atoms with Crippen LogP contribution in [-0.2, 0) is 10.0 Å². The molecule has 2 aromatic carbocycles. The normalized spacial score (nSPS) is 11.6. The van der Waals surface area contributed by atoms with Crippen molar-refractivity contribution in [3.8, 4) is 17.0 Å². The second-order valence-corrected chi connectivity index (χ2v) is 9.27. The molecule has 2 heterocycles. The zero-order valence-corrected chi connectivity index (χ0v) is 18.8. The van der Waals surface area contributed by atoms with E-state index in [0.717, 1.165) is 33.6 Å². The molecular weight excluding hydrogens is 410 g/mol. The van der Waals surface area contributed by atoms with Crippen molar-refractivity contribution in [2.75, 3.05) is 11.3 Å². The van der Waals surface area contributed by atoms with Gasteiger partial charge in [-0.3, -0.25) is 4.72 Å². The summed E-state index contributed by atoms with van der Waals surface area (Å²) in [6.07, 6.45) is 3.90. The summed E-state index contributed by atoms with van der Waals surface area (Å²) >= 11 is 0. The Morgan fingerprint density at radius 2 is 1.81 bits per heavy atom. The molecule has 0 spiro atoms. The molecule has 0 amide bonds. The number of hydrogen-bond donors (Lipinski definition) is 1. The molecule has 0 aliphatic heterocycles. The number of fused-ring (bicyclic) bond motifs is 1. The van der Waals surface area contributed by atoms with E-state index in [9.17, 15) is 8.42 Å². The van der Waals surface area contributed by atoms with Crippen molar-refractivity contribution in [1.82, 2.24) is 9.38 Å². The third-order valence-corrected chi connectivity index (χ3v) is 6.51. The Bertz CT molecular complexity index is 1370. The summed E-state index contributed by atoms with van der Waals surface area (Å²) in [5.41, 5.74) is 5.73. The Balaban J connectivity index is 1.67. The van der Waals surface area contributed by atoms with Crippen LogP contribution in [0.25, 0.3) is 16.9 Å². The summed E-state index contributed by atoms with van der Waals surface area (Å²) < 4.78 is 36.3. The number of benzene rings is 2. The van der Waals surface area contributed by atoms with Gasteiger partial charge in [0.15, 0.2) is 0 Å². The number of aromatic nitrogens is 2. The molecule has 0 aliphatic carbocycles. The van der Waals surface area contributed by atoms with E-state index in [4.69, 9.17) is 4.74 Å². The maximum atomic E-state index is 13.0. The third-order valence-electron chi connectivity index (χ3n) is 5.15. The van der Waals surface area contributed by atoms with Gasteiger partial charge in [0.2, 0.25) is 0 Å². The van der Waals surface area contributed by atoms with E-state index in [2.05, 4.69) is 9.71 Å². The predicted octanol–water partition coefficient (Wildman–Crippen LogP) is 5.13. The van der Waals surface area contributed by atoms with Gasteiger partial charge in [0.05, 0.1) is 22.9 Å². The molecule has 0 unspecified atom stereocenters. The number of sulfonamides is 1. The average molecular weight is 436 g/mol. The largest absolute Gasteiger partial charge is 0.494 e. The maximum absolute atomic E-state index is 13.0. The van der Waals surface area contributed by atoms with E-state index < -0.39 is 10.0 Å². The number of imidazole rings is 1. The fourth-order valence-corrected chi connectivity index (χ4v) is 4.63. The van der Waals surface area contributed by atoms with E-state index >= 15 is 0 Å². The molecule has 0 radical (unpaired) electrons. The minimum Gasteiger partial charge on any atom is -0.494 e. The molecule has 31 heavy (non-hydrogen) atoms. The summed E-state index contributed by atoms with van der Waals surface area (Å²) in [6, 6.07) is 14.6. The number of ether oxygens (including phenoxy) is 1. The smallest absolute Gasteiger partial charge is 0.261 e. The van der Waals surface area contributed by atoms with Gasteiger partial charge in [-0.2, -0.15) is 0 Å². The average Bonchev–Trinajstić information content (AvgIpc) is 3.14. The minimum absolute atomic E-state index is 0.196. The third kappa shape index (κ3) is 4.27. The van der Waals surface area contributed by atoms with Gasteiger partial charge in [-0.1, -0.05) is 12.1 Å². The highest BCUT2D eigenvalue weighted by Gasteiger charge is 2.18. The van der Waals surface area contributed by atoms with Crippen molar-refractivity contribution in [3.63, 3.8) is 0 Å². The number of nitrogens with one attached hydrogen (secondary N) is 1. The molecule has 1 N–H and O–H groups in total. The first kappa shape index (κ1) is 20.9. The van der Waals surface area contributed by atoms with Crippen LogP contribution in [0.5, 0.6) is 5.75 Å². The molecule has 0 fully saturated rings. The van der Waals surface area contributed by atoms with Crippen LogP contribution in [0.3, 0.4) is 0 Å². The number of aryl methyl sites for hydroxylation is 3. The predicted molar refractivity (Wildman–Crippen MR) is 123 cm³/mol. The summed E-state index contributed by atoms with van der Waals surface area (Å²) in [4.78, 5) is 4.88. The van der Waals surface area contributed by atoms with E-state index in [0.29, 0.717) is 18.0 Å². The van der Waals surface area contributed by atoms with Crippen molar-refractivity contribution in [2.45, 2.75) is 32.6 Å². The molecule has 7 heteroatoms. The van der Waals surface area contributed by atoms with Crippen LogP contribution in [0.1, 0.15) is 23.6 Å². The molecular formula is C24H25N3O3S. The first-order chi connectivity index (χ1) is 14.8. The first-order valence-corrected chi connectivity index (χ1v) is 11.6. The second-order valence-electron chi connectivity index (χ2n) is 7.59. The van der Waals surface area contributed by atoms with Gasteiger partial charge in [-0.15, -0.1) is 0 Å². The molecule has 2 aromatic heterocycles. The van der Waals surface area contributed by atoms with Crippen LogP contribution in [0.4, 0.5) is 5.69 Å². The molecule has 4 rings (SSSR count). The number of anilines is 1. The van der Waals surface area contributed by atoms with E-state index in [1.54, 1.807) is 18.2 Å². The molecule has 0 saturated carbocycles. The number of nitrogens with zero attached hydrogens (tertiary/aromatic N) is 2. The number of pyridine rings is 1. The van der Waals surface area contributed by atoms with Crippen molar-refractivity contribution in [2.24, 2.45) is 0 Å². The highest BCUT2D eigenvalue weighted by atomic mass is 32.2. The van der Waals surface area contributed by atoms with Gasteiger partial charge in [-0.25, -0.2) is 13.4 Å². The molecule has 6 nitrogen and oxygen atoms in total. The van der Waals surface area contributed by atoms with Gasteiger partial charge in [0, 0.05) is 18.0 Å². The summed E-state index contributed by atoms with van der Waals surface area (Å²) in [6.45, 7) is 8.15. The van der Waals surface area contributed by atoms with E-state index in [-0.39, 0.29) is 4.90 Å². The molecule has 0 aliphatic rings. The maximum Gasteiger partial charge on any atom is 0.261 e. The SMILES string of the molecule is CCOc1ccc(S(=O)(=O)Nc2cc(-c3cn4ccc(C)cc4n3)ccc2C)cc1C. The van der Waals surface area contributed by atoms with Crippen LogP contribution in [0.15, 0.2) is 65.8 Å². The topological polar surface area (TPSA) is 72.7 Å². The summed E-state index contributed by atoms with van der Waals surface area (Å²) in [5.74, 6) is 0.682. The quantitative estimate of drug-likeness (QED) is 0.456. The monoisotopic (exact) mass is 435 g/mol. The highest BCUT2D eigenvalue weighted by molar-refractivity contribution is 7.92. The van der Waals surface area contributed by atoms with Crippen LogP contribution in [0, 0.1) is 20.8 Å². The zero-order valence-electron chi connectivity index (χ0n) is 18.0. The Kier molecular flexibility index (Phi) is 5.45. The van der Waals surface area contributed by atoms with Gasteiger partial charge in [0.1, 0.15) is 11.4 Å². The van der Waals surface area contributed by atoms with Crippen molar-refractivity contribution >= 4 is 21.4 Å². The Morgan fingerprint density at radius 1 is 1.00 bits per heavy atom. The second kappa shape index (κ2) is 8.07. The first-order valence-electron chi connectivity index (χ1n) is 10.1. The lowest BCUT2D eigenvalue weighted by Crippen LogP contribution is -2.14. The van der Waals surface area contributed by atoms with Crippen LogP contribution in [0.2, 0.25) is 0 Å². The Labute approximate surface area is 182 Å². The van der Waals surface area contributed by atoms with Crippen LogP contribution >= 0.6 is 0 Å². The van der Waals surface area contributed by atoms with Crippen molar-refractivity contribution in [3.05, 3.63) is 77.6 Å². The lowest BCUT2D eigenvalue weighted by molar-refractivity contribution is 0.337. The van der Waals surface area contributed by atoms with Crippen LogP contribution in [-0.4, -0.2) is 24.4 Å². The Morgan fingerprint density at radius 3 is 2.55 bits per heavy atom. The fourth-order valence-electron chi connectivity index (χ4n) is 3.42. The standard InChI is InChI=1S/C24H25N3O3S/c1-5-30-23-9-8-20(13-18(23)4)31(28,29)26-21-14-19(7-6-17(21)3)22-15-27-11-10-16(2)12-24(27)25-22/h6-15,26H,5H2,1-4H3. The number of hydrogen-bond acceptors (Lipinski definition) is 4. The van der Waals surface area contributed by atoms with E-state index in [1.807, 2.05) is 74.8 Å².